The number of nitrogens with zero attached hydrogens (tertiary/aromatic N) is 9. The molecule has 0 aliphatic carbocycles. The van der Waals surface area contributed by atoms with Gasteiger partial charge in [-0.3, -0.25) is 0 Å². The topological polar surface area (TPSA) is 246 Å². The quantitative estimate of drug-likeness (QED) is 0.142. The number of phenols is 1. The summed E-state index contributed by atoms with van der Waals surface area (Å²) in [6.45, 7) is 0. The second-order valence-electron chi connectivity index (χ2n) is 10.4. The molecule has 2 aromatic carbocycles. The molecule has 0 amide bonds. The molecule has 0 saturated carbocycles. The molecule has 0 saturated heterocycles. The van der Waals surface area contributed by atoms with Gasteiger partial charge in [0.15, 0.2) is 24.3 Å². The number of rotatable bonds is 14. The average molecular weight is 770 g/mol. The molecule has 0 aliphatic heterocycles. The fourth-order valence-electron chi connectivity index (χ4n) is 4.58. The van der Waals surface area contributed by atoms with Gasteiger partial charge in [0.2, 0.25) is 23.5 Å². The van der Waals surface area contributed by atoms with Gasteiger partial charge < -0.3 is 56.6 Å². The van der Waals surface area contributed by atoms with E-state index in [0.29, 0.717) is 34.1 Å². The first-order chi connectivity index (χ1) is 27.3. The van der Waals surface area contributed by atoms with E-state index in [1.165, 1.54) is 86.0 Å². The minimum absolute atomic E-state index is 0.00700. The Morgan fingerprint density at radius 3 is 1.21 bits per heavy atom. The van der Waals surface area contributed by atoms with Gasteiger partial charge in [0.25, 0.3) is 0 Å². The SMILES string of the molecule is COc1cc(OC)nc(Oc2cccc(O)c2-c2cnco2)n1.COc1cc(OC)nc(Oc2cccc(Oc3nc(OC)nc(OC)n3)c2-c2cnco2)n1. The lowest BCUT2D eigenvalue weighted by molar-refractivity contribution is 0.320. The number of phenolic OH excluding ortho intramolecular Hbond substituents is 1. The molecule has 5 aromatic heterocycles. The van der Waals surface area contributed by atoms with Crippen LogP contribution in [-0.2, 0) is 0 Å². The Kier molecular flexibility index (Phi) is 11.9. The number of aromatic nitrogens is 9. The van der Waals surface area contributed by atoms with Crippen LogP contribution >= 0.6 is 0 Å². The molecule has 288 valence electrons. The molecule has 0 spiro atoms. The van der Waals surface area contributed by atoms with Crippen molar-refractivity contribution in [1.82, 2.24) is 44.9 Å². The third kappa shape index (κ3) is 8.97. The van der Waals surface area contributed by atoms with Gasteiger partial charge in [-0.1, -0.05) is 12.1 Å². The van der Waals surface area contributed by atoms with Crippen molar-refractivity contribution in [2.45, 2.75) is 0 Å². The highest BCUT2D eigenvalue weighted by Gasteiger charge is 2.22. The van der Waals surface area contributed by atoms with Crippen molar-refractivity contribution in [3.63, 3.8) is 0 Å². The Balaban J connectivity index is 0.000000202. The molecule has 21 heteroatoms. The van der Waals surface area contributed by atoms with Gasteiger partial charge in [0.1, 0.15) is 34.1 Å². The molecule has 21 nitrogen and oxygen atoms in total. The van der Waals surface area contributed by atoms with Crippen molar-refractivity contribution in [2.75, 3.05) is 42.7 Å². The second-order valence-corrected chi connectivity index (χ2v) is 10.4. The van der Waals surface area contributed by atoms with Crippen LogP contribution in [0.25, 0.3) is 22.6 Å². The van der Waals surface area contributed by atoms with Crippen LogP contribution in [-0.4, -0.2) is 92.6 Å². The zero-order valence-corrected chi connectivity index (χ0v) is 30.4. The van der Waals surface area contributed by atoms with E-state index in [4.69, 9.17) is 51.5 Å². The van der Waals surface area contributed by atoms with Gasteiger partial charge in [-0.25, -0.2) is 9.97 Å². The molecule has 0 unspecified atom stereocenters. The largest absolute Gasteiger partial charge is 0.507 e. The van der Waals surface area contributed by atoms with Crippen molar-refractivity contribution < 1.29 is 56.6 Å². The summed E-state index contributed by atoms with van der Waals surface area (Å²) in [5.74, 6) is 2.66. The Morgan fingerprint density at radius 2 is 0.821 bits per heavy atom. The number of methoxy groups -OCH3 is 6. The molecule has 1 N–H and O–H groups in total. The van der Waals surface area contributed by atoms with Crippen LogP contribution in [0.1, 0.15) is 0 Å². The molecule has 0 fully saturated rings. The first-order valence-corrected chi connectivity index (χ1v) is 15.9. The van der Waals surface area contributed by atoms with Gasteiger partial charge in [-0.2, -0.15) is 19.9 Å². The van der Waals surface area contributed by atoms with Crippen LogP contribution in [0.5, 0.6) is 76.6 Å². The molecule has 7 rings (SSSR count). The lowest BCUT2D eigenvalue weighted by atomic mass is 10.1. The molecular formula is C35H31N9O12. The van der Waals surface area contributed by atoms with E-state index in [9.17, 15) is 5.11 Å². The van der Waals surface area contributed by atoms with Gasteiger partial charge in [0, 0.05) is 0 Å². The fourth-order valence-corrected chi connectivity index (χ4v) is 4.58. The predicted molar refractivity (Wildman–Crippen MR) is 189 cm³/mol. The number of oxazole rings is 2. The molecule has 0 radical (unpaired) electrons. The maximum absolute atomic E-state index is 10.1. The summed E-state index contributed by atoms with van der Waals surface area (Å²) in [5.41, 5.74) is 0.745. The Hall–Kier alpha value is -7.97. The Morgan fingerprint density at radius 1 is 0.446 bits per heavy atom. The van der Waals surface area contributed by atoms with Gasteiger partial charge in [0.05, 0.1) is 67.2 Å². The molecule has 5 heterocycles. The number of benzene rings is 2. The lowest BCUT2D eigenvalue weighted by Gasteiger charge is -2.14. The molecule has 7 aromatic rings. The van der Waals surface area contributed by atoms with Gasteiger partial charge >= 0.3 is 30.1 Å². The van der Waals surface area contributed by atoms with E-state index in [0.717, 1.165) is 0 Å². The zero-order valence-electron chi connectivity index (χ0n) is 30.4. The molecular weight excluding hydrogens is 738 g/mol. The van der Waals surface area contributed by atoms with Gasteiger partial charge in [-0.15, -0.1) is 15.0 Å². The normalized spacial score (nSPS) is 10.4. The number of hydrogen-bond donors (Lipinski definition) is 1. The molecule has 56 heavy (non-hydrogen) atoms. The maximum Gasteiger partial charge on any atom is 0.331 e. The van der Waals surface area contributed by atoms with E-state index in [2.05, 4.69) is 44.9 Å². The number of hydrogen-bond acceptors (Lipinski definition) is 21. The van der Waals surface area contributed by atoms with E-state index in [1.54, 1.807) is 30.3 Å². The van der Waals surface area contributed by atoms with E-state index in [-0.39, 0.29) is 65.1 Å². The van der Waals surface area contributed by atoms with Crippen LogP contribution in [0.15, 0.2) is 82.5 Å². The molecule has 0 atom stereocenters. The van der Waals surface area contributed by atoms with E-state index < -0.39 is 0 Å². The highest BCUT2D eigenvalue weighted by atomic mass is 16.5. The van der Waals surface area contributed by atoms with Crippen molar-refractivity contribution >= 4 is 0 Å². The number of ether oxygens (including phenoxy) is 9. The van der Waals surface area contributed by atoms with Crippen LogP contribution < -0.4 is 42.6 Å². The monoisotopic (exact) mass is 769 g/mol. The van der Waals surface area contributed by atoms with Crippen molar-refractivity contribution in [2.24, 2.45) is 0 Å². The van der Waals surface area contributed by atoms with Crippen LogP contribution in [0.3, 0.4) is 0 Å². The standard InChI is InChI=1S/C20H18N6O7.C15H13N3O5/c1-27-14-8-15(28-2)23-19(22-14)32-11-6-5-7-12(16(11)13-9-21-10-31-13)33-20-25-17(29-3)24-18(26-20)30-4;1-20-12-6-13(21-2)18-15(17-12)23-10-5-3-4-9(19)14(10)11-7-16-8-22-11/h5-10H,1-4H3;3-8,19H,1-2H3. The summed E-state index contributed by atoms with van der Waals surface area (Å²) in [7, 11) is 8.71. The van der Waals surface area contributed by atoms with E-state index in [1.807, 2.05) is 0 Å². The minimum atomic E-state index is -0.0732. The van der Waals surface area contributed by atoms with E-state index >= 15 is 0 Å². The van der Waals surface area contributed by atoms with Crippen molar-refractivity contribution in [3.05, 3.63) is 73.7 Å². The minimum Gasteiger partial charge on any atom is -0.507 e. The van der Waals surface area contributed by atoms with Crippen LogP contribution in [0.4, 0.5) is 0 Å². The zero-order chi connectivity index (χ0) is 39.4. The van der Waals surface area contributed by atoms with Crippen LogP contribution in [0.2, 0.25) is 0 Å². The third-order valence-electron chi connectivity index (χ3n) is 7.05. The number of aromatic hydroxyl groups is 1. The first kappa shape index (κ1) is 37.8. The summed E-state index contributed by atoms with van der Waals surface area (Å²) >= 11 is 0. The highest BCUT2D eigenvalue weighted by molar-refractivity contribution is 5.74. The second kappa shape index (κ2) is 17.7. The van der Waals surface area contributed by atoms with Crippen molar-refractivity contribution in [3.8, 4) is 99.2 Å². The Bertz CT molecular complexity index is 2220. The summed E-state index contributed by atoms with van der Waals surface area (Å²) in [5, 5.41) is 10.1. The smallest absolute Gasteiger partial charge is 0.331 e. The van der Waals surface area contributed by atoms with Crippen molar-refractivity contribution in [1.29, 1.82) is 0 Å². The third-order valence-corrected chi connectivity index (χ3v) is 7.05. The summed E-state index contributed by atoms with van der Waals surface area (Å²) in [6, 6.07) is 12.8. The maximum atomic E-state index is 10.1. The molecule has 0 aliphatic rings. The van der Waals surface area contributed by atoms with Gasteiger partial charge in [-0.05, 0) is 24.3 Å². The average Bonchev–Trinajstić information content (AvgIpc) is 3.97. The summed E-state index contributed by atoms with van der Waals surface area (Å²) < 4.78 is 58.9. The fraction of sp³-hybridized carbons (Fsp3) is 0.171. The molecule has 0 bridgehead atoms. The predicted octanol–water partition coefficient (Wildman–Crippen LogP) is 5.58. The summed E-state index contributed by atoms with van der Waals surface area (Å²) in [4.78, 5) is 36.5. The Labute approximate surface area is 316 Å². The first-order valence-electron chi connectivity index (χ1n) is 15.9. The summed E-state index contributed by atoms with van der Waals surface area (Å²) in [6.07, 6.45) is 5.50. The van der Waals surface area contributed by atoms with Crippen LogP contribution in [0, 0.1) is 0 Å². The lowest BCUT2D eigenvalue weighted by Crippen LogP contribution is -2.02. The highest BCUT2D eigenvalue weighted by Crippen LogP contribution is 2.42.